The van der Waals surface area contributed by atoms with E-state index < -0.39 is 0 Å². The van der Waals surface area contributed by atoms with Crippen molar-refractivity contribution in [3.05, 3.63) is 52.8 Å². The van der Waals surface area contributed by atoms with Crippen molar-refractivity contribution in [1.82, 2.24) is 15.5 Å². The zero-order valence-electron chi connectivity index (χ0n) is 9.98. The van der Waals surface area contributed by atoms with Crippen LogP contribution >= 0.6 is 11.6 Å². The molecule has 0 aliphatic rings. The van der Waals surface area contributed by atoms with E-state index >= 15 is 0 Å². The summed E-state index contributed by atoms with van der Waals surface area (Å²) in [5.41, 5.74) is 1.78. The summed E-state index contributed by atoms with van der Waals surface area (Å²) in [7, 11) is 0. The molecule has 18 heavy (non-hydrogen) atoms. The van der Waals surface area contributed by atoms with Crippen LogP contribution in [0.3, 0.4) is 0 Å². The number of hydrogen-bond acceptors (Lipinski definition) is 2. The zero-order chi connectivity index (χ0) is 13.0. The predicted molar refractivity (Wildman–Crippen MR) is 70.3 cm³/mol. The molecule has 2 aromatic rings. The van der Waals surface area contributed by atoms with Gasteiger partial charge in [0.2, 0.25) is 5.91 Å². The second-order valence-corrected chi connectivity index (χ2v) is 4.50. The molecule has 0 bridgehead atoms. The summed E-state index contributed by atoms with van der Waals surface area (Å²) in [6.07, 6.45) is 3.74. The molecule has 1 aromatic carbocycles. The third-order valence-electron chi connectivity index (χ3n) is 2.71. The first kappa shape index (κ1) is 12.6. The van der Waals surface area contributed by atoms with Crippen LogP contribution in [0.1, 0.15) is 24.1 Å². The number of H-pyrrole nitrogens is 1. The van der Waals surface area contributed by atoms with Crippen molar-refractivity contribution in [2.45, 2.75) is 19.4 Å². The fraction of sp³-hybridized carbons (Fsp3) is 0.231. The normalized spacial score (nSPS) is 12.1. The van der Waals surface area contributed by atoms with E-state index in [2.05, 4.69) is 15.5 Å². The Morgan fingerprint density at radius 3 is 2.94 bits per heavy atom. The van der Waals surface area contributed by atoms with Crippen LogP contribution in [0, 0.1) is 0 Å². The number of nitrogens with zero attached hydrogens (tertiary/aromatic N) is 1. The smallest absolute Gasteiger partial charge is 0.224 e. The van der Waals surface area contributed by atoms with E-state index in [1.807, 2.05) is 25.1 Å². The van der Waals surface area contributed by atoms with Gasteiger partial charge in [0.1, 0.15) is 0 Å². The van der Waals surface area contributed by atoms with Gasteiger partial charge in [0.05, 0.1) is 18.7 Å². The Morgan fingerprint density at radius 1 is 1.50 bits per heavy atom. The van der Waals surface area contributed by atoms with Gasteiger partial charge in [0, 0.05) is 16.8 Å². The highest BCUT2D eigenvalue weighted by molar-refractivity contribution is 6.31. The highest BCUT2D eigenvalue weighted by Gasteiger charge is 2.11. The van der Waals surface area contributed by atoms with Crippen molar-refractivity contribution in [3.63, 3.8) is 0 Å². The third-order valence-corrected chi connectivity index (χ3v) is 3.07. The van der Waals surface area contributed by atoms with Crippen LogP contribution in [0.5, 0.6) is 0 Å². The Hall–Kier alpha value is -1.81. The molecule has 1 heterocycles. The van der Waals surface area contributed by atoms with E-state index in [1.165, 1.54) is 0 Å². The maximum Gasteiger partial charge on any atom is 0.224 e. The van der Waals surface area contributed by atoms with Crippen molar-refractivity contribution in [3.8, 4) is 0 Å². The molecule has 0 aliphatic heterocycles. The van der Waals surface area contributed by atoms with Crippen molar-refractivity contribution in [1.29, 1.82) is 0 Å². The molecule has 2 N–H and O–H groups in total. The number of halogens is 1. The molecule has 0 radical (unpaired) electrons. The van der Waals surface area contributed by atoms with Crippen molar-refractivity contribution >= 4 is 17.5 Å². The number of nitrogens with one attached hydrogen (secondary N) is 2. The molecule has 1 unspecified atom stereocenters. The quantitative estimate of drug-likeness (QED) is 0.890. The molecule has 4 nitrogen and oxygen atoms in total. The van der Waals surface area contributed by atoms with E-state index in [0.29, 0.717) is 5.02 Å². The molecule has 94 valence electrons. The van der Waals surface area contributed by atoms with Crippen LogP contribution in [-0.4, -0.2) is 16.1 Å². The third kappa shape index (κ3) is 3.11. The van der Waals surface area contributed by atoms with Crippen LogP contribution < -0.4 is 5.32 Å². The monoisotopic (exact) mass is 263 g/mol. The summed E-state index contributed by atoms with van der Waals surface area (Å²) in [5.74, 6) is -0.0585. The maximum atomic E-state index is 11.9. The molecule has 0 spiro atoms. The van der Waals surface area contributed by atoms with Gasteiger partial charge in [-0.1, -0.05) is 29.8 Å². The zero-order valence-corrected chi connectivity index (χ0v) is 10.7. The number of benzene rings is 1. The minimum Gasteiger partial charge on any atom is -0.349 e. The SMILES string of the molecule is CC(NC(=O)Cc1ccccc1Cl)c1cn[nH]c1. The first-order valence-corrected chi connectivity index (χ1v) is 6.06. The number of aromatic amines is 1. The van der Waals surface area contributed by atoms with Gasteiger partial charge in [0.25, 0.3) is 0 Å². The number of amides is 1. The predicted octanol–water partition coefficient (Wildman–Crippen LogP) is 2.48. The number of carbonyl (C=O) groups excluding carboxylic acids is 1. The van der Waals surface area contributed by atoms with Gasteiger partial charge in [-0.2, -0.15) is 5.10 Å². The number of aromatic nitrogens is 2. The average molecular weight is 264 g/mol. The molecule has 0 saturated heterocycles. The summed E-state index contributed by atoms with van der Waals surface area (Å²) >= 11 is 6.01. The molecule has 1 atom stereocenters. The maximum absolute atomic E-state index is 11.9. The highest BCUT2D eigenvalue weighted by Crippen LogP contribution is 2.16. The second-order valence-electron chi connectivity index (χ2n) is 4.09. The number of carbonyl (C=O) groups is 1. The molecule has 1 amide bonds. The van der Waals surface area contributed by atoms with E-state index in [1.54, 1.807) is 18.5 Å². The van der Waals surface area contributed by atoms with Gasteiger partial charge in [-0.05, 0) is 18.6 Å². The van der Waals surface area contributed by atoms with Gasteiger partial charge in [0.15, 0.2) is 0 Å². The Bertz CT molecular complexity index is 525. The molecular weight excluding hydrogens is 250 g/mol. The first-order valence-electron chi connectivity index (χ1n) is 5.68. The van der Waals surface area contributed by atoms with Gasteiger partial charge in [-0.25, -0.2) is 0 Å². The van der Waals surface area contributed by atoms with Gasteiger partial charge < -0.3 is 5.32 Å². The average Bonchev–Trinajstić information content (AvgIpc) is 2.85. The standard InChI is InChI=1S/C13H14ClN3O/c1-9(11-7-15-16-8-11)17-13(18)6-10-4-2-3-5-12(10)14/h2-5,7-9H,6H2,1H3,(H,15,16)(H,17,18). The summed E-state index contributed by atoms with van der Waals surface area (Å²) in [6.45, 7) is 1.91. The number of rotatable bonds is 4. The molecule has 0 fully saturated rings. The minimum atomic E-state index is -0.0706. The molecule has 0 aliphatic carbocycles. The highest BCUT2D eigenvalue weighted by atomic mass is 35.5. The second kappa shape index (κ2) is 5.69. The molecule has 5 heteroatoms. The largest absolute Gasteiger partial charge is 0.349 e. The fourth-order valence-electron chi connectivity index (χ4n) is 1.69. The number of hydrogen-bond donors (Lipinski definition) is 2. The van der Waals surface area contributed by atoms with Crippen LogP contribution in [0.2, 0.25) is 5.02 Å². The van der Waals surface area contributed by atoms with E-state index in [4.69, 9.17) is 11.6 Å². The Kier molecular flexibility index (Phi) is 3.99. The van der Waals surface area contributed by atoms with Crippen molar-refractivity contribution in [2.24, 2.45) is 0 Å². The van der Waals surface area contributed by atoms with Crippen LogP contribution in [0.25, 0.3) is 0 Å². The van der Waals surface area contributed by atoms with Gasteiger partial charge >= 0.3 is 0 Å². The van der Waals surface area contributed by atoms with Gasteiger partial charge in [-0.3, -0.25) is 9.89 Å². The summed E-state index contributed by atoms with van der Waals surface area (Å²) in [4.78, 5) is 11.9. The van der Waals surface area contributed by atoms with E-state index in [9.17, 15) is 4.79 Å². The summed E-state index contributed by atoms with van der Waals surface area (Å²) in [5, 5.41) is 10.1. The fourth-order valence-corrected chi connectivity index (χ4v) is 1.89. The summed E-state index contributed by atoms with van der Waals surface area (Å²) < 4.78 is 0. The molecular formula is C13H14ClN3O. The molecule has 1 aromatic heterocycles. The lowest BCUT2D eigenvalue weighted by Crippen LogP contribution is -2.27. The van der Waals surface area contributed by atoms with Gasteiger partial charge in [-0.15, -0.1) is 0 Å². The topological polar surface area (TPSA) is 57.8 Å². The Morgan fingerprint density at radius 2 is 2.28 bits per heavy atom. The van der Waals surface area contributed by atoms with E-state index in [0.717, 1.165) is 11.1 Å². The van der Waals surface area contributed by atoms with Crippen molar-refractivity contribution < 1.29 is 4.79 Å². The lowest BCUT2D eigenvalue weighted by Gasteiger charge is -2.12. The van der Waals surface area contributed by atoms with Crippen LogP contribution in [-0.2, 0) is 11.2 Å². The Balaban J connectivity index is 1.95. The first-order chi connectivity index (χ1) is 8.66. The summed E-state index contributed by atoms with van der Waals surface area (Å²) in [6, 6.07) is 7.28. The van der Waals surface area contributed by atoms with Crippen molar-refractivity contribution in [2.75, 3.05) is 0 Å². The van der Waals surface area contributed by atoms with Crippen LogP contribution in [0.4, 0.5) is 0 Å². The Labute approximate surface area is 110 Å². The molecule has 0 saturated carbocycles. The lowest BCUT2D eigenvalue weighted by atomic mass is 10.1. The lowest BCUT2D eigenvalue weighted by molar-refractivity contribution is -0.121. The van der Waals surface area contributed by atoms with Crippen LogP contribution in [0.15, 0.2) is 36.7 Å². The molecule has 2 rings (SSSR count). The minimum absolute atomic E-state index is 0.0585. The van der Waals surface area contributed by atoms with E-state index in [-0.39, 0.29) is 18.4 Å².